The van der Waals surface area contributed by atoms with Crippen molar-refractivity contribution >= 4 is 46.3 Å². The van der Waals surface area contributed by atoms with E-state index in [1.165, 1.54) is 19.1 Å². The van der Waals surface area contributed by atoms with Gasteiger partial charge in [-0.05, 0) is 18.1 Å². The van der Waals surface area contributed by atoms with E-state index in [2.05, 4.69) is 0 Å². The summed E-state index contributed by atoms with van der Waals surface area (Å²) < 4.78 is 10.9. The molecule has 0 saturated carbocycles. The van der Waals surface area contributed by atoms with Crippen LogP contribution in [0.4, 0.5) is 0 Å². The Balaban J connectivity index is 2.43. The van der Waals surface area contributed by atoms with Crippen LogP contribution in [0.5, 0.6) is 11.5 Å². The van der Waals surface area contributed by atoms with Crippen LogP contribution in [0.25, 0.3) is 6.08 Å². The molecule has 26 heavy (non-hydrogen) atoms. The van der Waals surface area contributed by atoms with Crippen LogP contribution in [0.15, 0.2) is 23.1 Å². The predicted molar refractivity (Wildman–Crippen MR) is 105 cm³/mol. The van der Waals surface area contributed by atoms with Gasteiger partial charge in [0.05, 0.1) is 19.1 Å². The lowest BCUT2D eigenvalue weighted by atomic mass is 9.98. The van der Waals surface area contributed by atoms with E-state index in [4.69, 9.17) is 21.7 Å². The van der Waals surface area contributed by atoms with Crippen LogP contribution in [0, 0.1) is 5.92 Å². The minimum atomic E-state index is -1.06. The molecule has 6 nitrogen and oxygen atoms in total. The van der Waals surface area contributed by atoms with E-state index in [1.54, 1.807) is 31.2 Å². The number of para-hydroxylation sites is 1. The van der Waals surface area contributed by atoms with Crippen molar-refractivity contribution in [1.29, 1.82) is 0 Å². The van der Waals surface area contributed by atoms with Gasteiger partial charge in [0.25, 0.3) is 5.91 Å². The van der Waals surface area contributed by atoms with Crippen molar-refractivity contribution in [3.63, 3.8) is 0 Å². The van der Waals surface area contributed by atoms with Crippen molar-refractivity contribution in [2.45, 2.75) is 26.3 Å². The van der Waals surface area contributed by atoms with E-state index in [1.807, 2.05) is 6.92 Å². The molecule has 0 spiro atoms. The standard InChI is InChI=1S/C18H21NO5S2/c1-5-10(2)14(17(21)22)19-16(20)13(26-18(19)25)9-11-7-6-8-12(23-3)15(11)24-4/h6-10,14H,5H2,1-4H3,(H,21,22). The van der Waals surface area contributed by atoms with Gasteiger partial charge >= 0.3 is 5.97 Å². The molecule has 0 bridgehead atoms. The SMILES string of the molecule is CCC(C)C(C(=O)O)N1C(=O)C(=Cc2cccc(OC)c2OC)SC1=S. The second-order valence-electron chi connectivity index (χ2n) is 5.80. The highest BCUT2D eigenvalue weighted by molar-refractivity contribution is 8.26. The number of carbonyl (C=O) groups is 2. The van der Waals surface area contributed by atoms with Crippen LogP contribution < -0.4 is 9.47 Å². The molecule has 1 heterocycles. The number of rotatable bonds is 7. The predicted octanol–water partition coefficient (Wildman–Crippen LogP) is 3.40. The van der Waals surface area contributed by atoms with Crippen LogP contribution in [0.2, 0.25) is 0 Å². The van der Waals surface area contributed by atoms with Crippen molar-refractivity contribution in [3.8, 4) is 11.5 Å². The molecule has 0 radical (unpaired) electrons. The lowest BCUT2D eigenvalue weighted by Crippen LogP contribution is -2.47. The van der Waals surface area contributed by atoms with Gasteiger partial charge in [-0.25, -0.2) is 4.79 Å². The number of carbonyl (C=O) groups excluding carboxylic acids is 1. The van der Waals surface area contributed by atoms with E-state index >= 15 is 0 Å². The number of nitrogens with zero attached hydrogens (tertiary/aromatic N) is 1. The average Bonchev–Trinajstić information content (AvgIpc) is 2.88. The maximum Gasteiger partial charge on any atom is 0.327 e. The third-order valence-electron chi connectivity index (χ3n) is 4.26. The highest BCUT2D eigenvalue weighted by Crippen LogP contribution is 2.39. The largest absolute Gasteiger partial charge is 0.493 e. The number of ether oxygens (including phenoxy) is 2. The Kier molecular flexibility index (Phi) is 6.66. The number of hydrogen-bond donors (Lipinski definition) is 1. The van der Waals surface area contributed by atoms with Gasteiger partial charge in [-0.1, -0.05) is 56.4 Å². The van der Waals surface area contributed by atoms with Gasteiger partial charge in [0.1, 0.15) is 10.4 Å². The summed E-state index contributed by atoms with van der Waals surface area (Å²) >= 11 is 6.38. The first-order valence-electron chi connectivity index (χ1n) is 8.06. The van der Waals surface area contributed by atoms with E-state index < -0.39 is 17.9 Å². The van der Waals surface area contributed by atoms with Crippen LogP contribution in [0.1, 0.15) is 25.8 Å². The highest BCUT2D eigenvalue weighted by atomic mass is 32.2. The smallest absolute Gasteiger partial charge is 0.327 e. The zero-order chi connectivity index (χ0) is 19.4. The molecule has 1 amide bonds. The molecule has 1 saturated heterocycles. The summed E-state index contributed by atoms with van der Waals surface area (Å²) in [5, 5.41) is 9.58. The Labute approximate surface area is 162 Å². The van der Waals surface area contributed by atoms with Crippen molar-refractivity contribution in [2.24, 2.45) is 5.92 Å². The Morgan fingerprint density at radius 1 is 1.38 bits per heavy atom. The maximum atomic E-state index is 12.9. The number of hydrogen-bond acceptors (Lipinski definition) is 6. The number of thiocarbonyl (C=S) groups is 1. The summed E-state index contributed by atoms with van der Waals surface area (Å²) in [7, 11) is 3.05. The maximum absolute atomic E-state index is 12.9. The molecule has 2 unspecified atom stereocenters. The van der Waals surface area contributed by atoms with Gasteiger partial charge in [0.2, 0.25) is 0 Å². The summed E-state index contributed by atoms with van der Waals surface area (Å²) in [5.74, 6) is -0.647. The Morgan fingerprint density at radius 3 is 2.62 bits per heavy atom. The Bertz CT molecular complexity index is 762. The van der Waals surface area contributed by atoms with Crippen LogP contribution >= 0.6 is 24.0 Å². The van der Waals surface area contributed by atoms with Gasteiger partial charge in [0.15, 0.2) is 11.5 Å². The quantitative estimate of drug-likeness (QED) is 0.560. The molecule has 1 fully saturated rings. The van der Waals surface area contributed by atoms with Crippen molar-refractivity contribution in [1.82, 2.24) is 4.90 Å². The van der Waals surface area contributed by atoms with E-state index in [9.17, 15) is 14.7 Å². The monoisotopic (exact) mass is 395 g/mol. The molecule has 2 rings (SSSR count). The zero-order valence-electron chi connectivity index (χ0n) is 15.0. The van der Waals surface area contributed by atoms with Crippen LogP contribution in [-0.2, 0) is 9.59 Å². The number of benzene rings is 1. The molecule has 1 aromatic rings. The number of amides is 1. The average molecular weight is 396 g/mol. The first kappa shape index (κ1) is 20.3. The number of thioether (sulfide) groups is 1. The van der Waals surface area contributed by atoms with Crippen molar-refractivity contribution < 1.29 is 24.2 Å². The second kappa shape index (κ2) is 8.55. The number of aliphatic carboxylic acids is 1. The molecule has 1 aliphatic heterocycles. The lowest BCUT2D eigenvalue weighted by Gasteiger charge is -2.27. The minimum Gasteiger partial charge on any atom is -0.493 e. The fraction of sp³-hybridized carbons (Fsp3) is 0.389. The molecule has 1 N–H and O–H groups in total. The summed E-state index contributed by atoms with van der Waals surface area (Å²) in [6.07, 6.45) is 2.27. The molecule has 0 aliphatic carbocycles. The summed E-state index contributed by atoms with van der Waals surface area (Å²) in [5.41, 5.74) is 0.655. The molecule has 1 aliphatic rings. The molecule has 140 valence electrons. The van der Waals surface area contributed by atoms with Gasteiger partial charge in [-0.15, -0.1) is 0 Å². The summed E-state index contributed by atoms with van der Waals surface area (Å²) in [6.45, 7) is 3.68. The fourth-order valence-corrected chi connectivity index (χ4v) is 4.04. The van der Waals surface area contributed by atoms with E-state index in [0.29, 0.717) is 28.4 Å². The fourth-order valence-electron chi connectivity index (χ4n) is 2.72. The molecule has 2 atom stereocenters. The number of carboxylic acid groups (broad SMARTS) is 1. The van der Waals surface area contributed by atoms with Crippen LogP contribution in [0.3, 0.4) is 0 Å². The first-order valence-corrected chi connectivity index (χ1v) is 9.29. The second-order valence-corrected chi connectivity index (χ2v) is 7.48. The Morgan fingerprint density at radius 2 is 2.08 bits per heavy atom. The van der Waals surface area contributed by atoms with Gasteiger partial charge in [-0.3, -0.25) is 9.69 Å². The molecule has 8 heteroatoms. The number of carboxylic acids is 1. The third kappa shape index (κ3) is 3.86. The lowest BCUT2D eigenvalue weighted by molar-refractivity contribution is -0.147. The molecule has 1 aromatic carbocycles. The third-order valence-corrected chi connectivity index (χ3v) is 5.59. The molecular weight excluding hydrogens is 374 g/mol. The first-order chi connectivity index (χ1) is 12.3. The minimum absolute atomic E-state index is 0.222. The van der Waals surface area contributed by atoms with E-state index in [-0.39, 0.29) is 10.2 Å². The topological polar surface area (TPSA) is 76.1 Å². The van der Waals surface area contributed by atoms with Gasteiger partial charge in [0, 0.05) is 5.56 Å². The van der Waals surface area contributed by atoms with Crippen molar-refractivity contribution in [2.75, 3.05) is 14.2 Å². The van der Waals surface area contributed by atoms with Gasteiger partial charge in [-0.2, -0.15) is 0 Å². The molecule has 0 aromatic heterocycles. The number of methoxy groups -OCH3 is 2. The normalized spacial score (nSPS) is 18.2. The van der Waals surface area contributed by atoms with Crippen molar-refractivity contribution in [3.05, 3.63) is 28.7 Å². The highest BCUT2D eigenvalue weighted by Gasteiger charge is 2.42. The summed E-state index contributed by atoms with van der Waals surface area (Å²) in [6, 6.07) is 4.35. The van der Waals surface area contributed by atoms with E-state index in [0.717, 1.165) is 11.8 Å². The Hall–Kier alpha value is -2.06. The zero-order valence-corrected chi connectivity index (χ0v) is 16.6. The summed E-state index contributed by atoms with van der Waals surface area (Å²) in [4.78, 5) is 26.1. The molecular formula is C18H21NO5S2. The van der Waals surface area contributed by atoms with Gasteiger partial charge < -0.3 is 14.6 Å². The van der Waals surface area contributed by atoms with Crippen LogP contribution in [-0.4, -0.2) is 46.5 Å².